The van der Waals surface area contributed by atoms with Gasteiger partial charge in [0.15, 0.2) is 0 Å². The number of rotatable bonds is 6. The molecule has 0 heterocycles. The fraction of sp³-hybridized carbons (Fsp3) is 0.500. The van der Waals surface area contributed by atoms with Crippen LogP contribution in [-0.2, 0) is 10.0 Å². The Hall–Kier alpha value is -0.490. The van der Waals surface area contributed by atoms with Crippen molar-refractivity contribution in [1.82, 2.24) is 4.72 Å². The molecule has 1 rings (SSSR count). The molecular formula is C12H18Cl2N2O2S. The molecule has 19 heavy (non-hydrogen) atoms. The fourth-order valence-corrected chi connectivity index (χ4v) is 3.71. The molecule has 0 fully saturated rings. The summed E-state index contributed by atoms with van der Waals surface area (Å²) in [6, 6.07) is 2.73. The molecule has 0 aromatic heterocycles. The lowest BCUT2D eigenvalue weighted by Crippen LogP contribution is -2.26. The van der Waals surface area contributed by atoms with Gasteiger partial charge in [-0.1, -0.05) is 37.0 Å². The predicted molar refractivity (Wildman–Crippen MR) is 80.1 cm³/mol. The second kappa shape index (κ2) is 6.79. The van der Waals surface area contributed by atoms with Gasteiger partial charge < -0.3 is 5.73 Å². The summed E-state index contributed by atoms with van der Waals surface area (Å²) < 4.78 is 26.7. The molecule has 0 atom stereocenters. The molecule has 0 aliphatic carbocycles. The zero-order valence-corrected chi connectivity index (χ0v) is 13.2. The van der Waals surface area contributed by atoms with Crippen molar-refractivity contribution in [1.29, 1.82) is 0 Å². The quantitative estimate of drug-likeness (QED) is 0.623. The topological polar surface area (TPSA) is 72.2 Å². The fourth-order valence-electron chi connectivity index (χ4n) is 1.65. The lowest BCUT2D eigenvalue weighted by Gasteiger charge is -2.11. The highest BCUT2D eigenvalue weighted by atomic mass is 35.5. The number of hydrogen-bond donors (Lipinski definition) is 2. The Labute approximate surface area is 124 Å². The summed E-state index contributed by atoms with van der Waals surface area (Å²) in [6.07, 6.45) is 1.72. The monoisotopic (exact) mass is 324 g/mol. The first-order chi connectivity index (χ1) is 8.74. The number of nitrogens with one attached hydrogen (secondary N) is 1. The van der Waals surface area contributed by atoms with E-state index in [0.29, 0.717) is 17.5 Å². The first kappa shape index (κ1) is 16.6. The molecule has 1 aromatic carbocycles. The van der Waals surface area contributed by atoms with Gasteiger partial charge in [-0.05, 0) is 30.9 Å². The molecule has 0 radical (unpaired) electrons. The van der Waals surface area contributed by atoms with Gasteiger partial charge in [0.2, 0.25) is 10.0 Å². The van der Waals surface area contributed by atoms with Crippen LogP contribution in [0.3, 0.4) is 0 Å². The average molecular weight is 325 g/mol. The van der Waals surface area contributed by atoms with Crippen LogP contribution in [0.1, 0.15) is 26.7 Å². The van der Waals surface area contributed by atoms with Gasteiger partial charge in [-0.3, -0.25) is 0 Å². The summed E-state index contributed by atoms with van der Waals surface area (Å²) in [6.45, 7) is 4.53. The summed E-state index contributed by atoms with van der Waals surface area (Å²) >= 11 is 11.7. The predicted octanol–water partition coefficient (Wildman–Crippen LogP) is 3.29. The van der Waals surface area contributed by atoms with Crippen molar-refractivity contribution < 1.29 is 8.42 Å². The Morgan fingerprint density at radius 2 is 1.95 bits per heavy atom. The molecule has 1 aromatic rings. The van der Waals surface area contributed by atoms with Crippen LogP contribution in [0, 0.1) is 5.92 Å². The number of nitrogens with two attached hydrogens (primary N) is 1. The molecule has 0 saturated carbocycles. The Kier molecular flexibility index (Phi) is 5.92. The lowest BCUT2D eigenvalue weighted by atomic mass is 10.1. The summed E-state index contributed by atoms with van der Waals surface area (Å²) in [5.74, 6) is 0.536. The van der Waals surface area contributed by atoms with Gasteiger partial charge >= 0.3 is 0 Å². The highest BCUT2D eigenvalue weighted by molar-refractivity contribution is 7.89. The minimum atomic E-state index is -3.70. The Morgan fingerprint density at radius 1 is 1.32 bits per heavy atom. The van der Waals surface area contributed by atoms with Crippen LogP contribution in [0.4, 0.5) is 5.69 Å². The maximum atomic E-state index is 12.1. The molecule has 3 N–H and O–H groups in total. The molecule has 0 spiro atoms. The Balaban J connectivity index is 2.84. The van der Waals surface area contributed by atoms with Crippen molar-refractivity contribution in [2.24, 2.45) is 5.92 Å². The first-order valence-electron chi connectivity index (χ1n) is 5.98. The van der Waals surface area contributed by atoms with E-state index in [1.165, 1.54) is 12.1 Å². The first-order valence-corrected chi connectivity index (χ1v) is 8.22. The van der Waals surface area contributed by atoms with E-state index in [4.69, 9.17) is 28.9 Å². The van der Waals surface area contributed by atoms with Gasteiger partial charge in [0, 0.05) is 11.6 Å². The van der Waals surface area contributed by atoms with Crippen LogP contribution >= 0.6 is 23.2 Å². The molecule has 108 valence electrons. The molecule has 7 heteroatoms. The standard InChI is InChI=1S/C12H18Cl2N2O2S/c1-8(2)4-3-5-16-19(17,18)12-10(14)6-9(13)7-11(12)15/h6-8,16H,3-5,15H2,1-2H3. The molecule has 4 nitrogen and oxygen atoms in total. The summed E-state index contributed by atoms with van der Waals surface area (Å²) in [5, 5.41) is 0.336. The molecule has 0 aliphatic rings. The van der Waals surface area contributed by atoms with E-state index in [0.717, 1.165) is 12.8 Å². The molecular weight excluding hydrogens is 307 g/mol. The smallest absolute Gasteiger partial charge is 0.244 e. The van der Waals surface area contributed by atoms with E-state index >= 15 is 0 Å². The van der Waals surface area contributed by atoms with Gasteiger partial charge in [-0.25, -0.2) is 13.1 Å². The number of hydrogen-bond acceptors (Lipinski definition) is 3. The number of halogens is 2. The van der Waals surface area contributed by atoms with Gasteiger partial charge in [-0.2, -0.15) is 0 Å². The van der Waals surface area contributed by atoms with Gasteiger partial charge in [-0.15, -0.1) is 0 Å². The van der Waals surface area contributed by atoms with Crippen molar-refractivity contribution >= 4 is 38.9 Å². The zero-order chi connectivity index (χ0) is 14.6. The number of benzene rings is 1. The van der Waals surface area contributed by atoms with Gasteiger partial charge in [0.25, 0.3) is 0 Å². The van der Waals surface area contributed by atoms with Crippen LogP contribution in [0.2, 0.25) is 10.0 Å². The largest absolute Gasteiger partial charge is 0.398 e. The van der Waals surface area contributed by atoms with Gasteiger partial charge in [0.1, 0.15) is 4.90 Å². The van der Waals surface area contributed by atoms with Crippen LogP contribution in [0.15, 0.2) is 17.0 Å². The second-order valence-corrected chi connectivity index (χ2v) is 7.29. The molecule has 0 bridgehead atoms. The van der Waals surface area contributed by atoms with Crippen LogP contribution in [0.5, 0.6) is 0 Å². The molecule has 0 unspecified atom stereocenters. The summed E-state index contributed by atoms with van der Waals surface area (Å²) in [7, 11) is -3.70. The normalized spacial score (nSPS) is 12.1. The highest BCUT2D eigenvalue weighted by Crippen LogP contribution is 2.30. The van der Waals surface area contributed by atoms with Crippen molar-refractivity contribution in [3.8, 4) is 0 Å². The number of nitrogen functional groups attached to an aromatic ring is 1. The van der Waals surface area contributed by atoms with Crippen molar-refractivity contribution in [2.75, 3.05) is 12.3 Å². The van der Waals surface area contributed by atoms with Crippen molar-refractivity contribution in [2.45, 2.75) is 31.6 Å². The Bertz CT molecular complexity index is 522. The maximum absolute atomic E-state index is 12.1. The third-order valence-corrected chi connectivity index (χ3v) is 4.76. The third kappa shape index (κ3) is 4.84. The van der Waals surface area contributed by atoms with Crippen molar-refractivity contribution in [3.63, 3.8) is 0 Å². The lowest BCUT2D eigenvalue weighted by molar-refractivity contribution is 0.540. The van der Waals surface area contributed by atoms with Crippen LogP contribution in [0.25, 0.3) is 0 Å². The van der Waals surface area contributed by atoms with E-state index < -0.39 is 10.0 Å². The zero-order valence-electron chi connectivity index (χ0n) is 10.9. The van der Waals surface area contributed by atoms with E-state index in [-0.39, 0.29) is 15.6 Å². The van der Waals surface area contributed by atoms with E-state index in [2.05, 4.69) is 18.6 Å². The third-order valence-electron chi connectivity index (χ3n) is 2.56. The summed E-state index contributed by atoms with van der Waals surface area (Å²) in [5.41, 5.74) is 5.72. The second-order valence-electron chi connectivity index (χ2n) is 4.74. The van der Waals surface area contributed by atoms with Crippen molar-refractivity contribution in [3.05, 3.63) is 22.2 Å². The molecule has 0 amide bonds. The SMILES string of the molecule is CC(C)CCCNS(=O)(=O)c1c(N)cc(Cl)cc1Cl. The van der Waals surface area contributed by atoms with E-state index in [1.54, 1.807) is 0 Å². The summed E-state index contributed by atoms with van der Waals surface area (Å²) in [4.78, 5) is -0.108. The maximum Gasteiger partial charge on any atom is 0.244 e. The number of sulfonamides is 1. The minimum absolute atomic E-state index is 0.0290. The molecule has 0 saturated heterocycles. The van der Waals surface area contributed by atoms with E-state index in [1.807, 2.05) is 0 Å². The Morgan fingerprint density at radius 3 is 2.47 bits per heavy atom. The highest BCUT2D eigenvalue weighted by Gasteiger charge is 2.21. The molecule has 0 aliphatic heterocycles. The number of anilines is 1. The van der Waals surface area contributed by atoms with Crippen LogP contribution < -0.4 is 10.5 Å². The average Bonchev–Trinajstić information content (AvgIpc) is 2.22. The van der Waals surface area contributed by atoms with Crippen LogP contribution in [-0.4, -0.2) is 15.0 Å². The van der Waals surface area contributed by atoms with Gasteiger partial charge in [0.05, 0.1) is 10.7 Å². The minimum Gasteiger partial charge on any atom is -0.398 e. The van der Waals surface area contributed by atoms with E-state index in [9.17, 15) is 8.42 Å².